The van der Waals surface area contributed by atoms with Crippen molar-refractivity contribution >= 4 is 24.2 Å². The summed E-state index contributed by atoms with van der Waals surface area (Å²) in [5.74, 6) is 0. The van der Waals surface area contributed by atoms with E-state index >= 15 is 0 Å². The Morgan fingerprint density at radius 1 is 0.933 bits per heavy atom. The summed E-state index contributed by atoms with van der Waals surface area (Å²) < 4.78 is 28.5. The first-order chi connectivity index (χ1) is 6.47. The van der Waals surface area contributed by atoms with Crippen LogP contribution in [0.15, 0.2) is 0 Å². The molecule has 0 bridgehead atoms. The van der Waals surface area contributed by atoms with Crippen LogP contribution in [-0.2, 0) is 17.7 Å². The first kappa shape index (κ1) is 15.5. The highest BCUT2D eigenvalue weighted by Crippen LogP contribution is 2.52. The number of hydrogen-bond donors (Lipinski definition) is 0. The molecule has 0 N–H and O–H groups in total. The van der Waals surface area contributed by atoms with Gasteiger partial charge in [0.2, 0.25) is 0 Å². The lowest BCUT2D eigenvalue weighted by atomic mass is 11.5. The second-order valence-electron chi connectivity index (χ2n) is 5.44. The van der Waals surface area contributed by atoms with Crippen molar-refractivity contribution in [2.75, 3.05) is 13.5 Å². The third-order valence-corrected chi connectivity index (χ3v) is 8.29. The van der Waals surface area contributed by atoms with Gasteiger partial charge in [-0.2, -0.15) is 0 Å². The third kappa shape index (κ3) is 8.36. The van der Waals surface area contributed by atoms with Crippen molar-refractivity contribution in [3.63, 3.8) is 0 Å². The molecule has 0 aromatic carbocycles. The molecule has 0 saturated heterocycles. The van der Waals surface area contributed by atoms with E-state index in [0.717, 1.165) is 0 Å². The Hall–Kier alpha value is 0.544. The van der Waals surface area contributed by atoms with Crippen LogP contribution >= 0.6 is 7.60 Å². The molecular weight excluding hydrogens is 247 g/mol. The molecule has 0 amide bonds. The minimum atomic E-state index is -3.06. The van der Waals surface area contributed by atoms with Crippen LogP contribution in [0, 0.1) is 0 Å². The van der Waals surface area contributed by atoms with Crippen LogP contribution in [-0.4, -0.2) is 30.1 Å². The summed E-state index contributed by atoms with van der Waals surface area (Å²) in [5, 5.41) is 0. The molecule has 92 valence electrons. The highest BCUT2D eigenvalue weighted by atomic mass is 31.2. The van der Waals surface area contributed by atoms with Crippen molar-refractivity contribution in [2.24, 2.45) is 0 Å². The normalized spacial score (nSPS) is 14.3. The van der Waals surface area contributed by atoms with E-state index in [2.05, 4.69) is 0 Å². The quantitative estimate of drug-likeness (QED) is 0.547. The van der Waals surface area contributed by atoms with Crippen LogP contribution in [0.4, 0.5) is 0 Å². The van der Waals surface area contributed by atoms with E-state index in [-0.39, 0.29) is 6.35 Å². The van der Waals surface area contributed by atoms with Crippen molar-refractivity contribution in [3.8, 4) is 0 Å². The van der Waals surface area contributed by atoms with E-state index in [1.54, 1.807) is 0 Å². The summed E-state index contributed by atoms with van der Waals surface area (Å²) >= 11 is 0. The largest absolute Gasteiger partial charge is 0.372 e. The van der Waals surface area contributed by atoms with Crippen LogP contribution in [0.1, 0.15) is 0 Å². The lowest BCUT2D eigenvalue weighted by molar-refractivity contribution is 0.221. The van der Waals surface area contributed by atoms with Gasteiger partial charge in [0.1, 0.15) is 6.35 Å². The Balaban J connectivity index is 4.68. The Morgan fingerprint density at radius 2 is 1.27 bits per heavy atom. The maximum atomic E-state index is 12.3. The summed E-state index contributed by atoms with van der Waals surface area (Å²) in [5.41, 5.74) is 0. The standard InChI is InChI=1S/C8H23O4PSi2/c1-10-8-13(9,11-14(2,3)4)12-15(5,6)7/h8H2,1-7H3. The monoisotopic (exact) mass is 270 g/mol. The Bertz CT molecular complexity index is 224. The van der Waals surface area contributed by atoms with Crippen molar-refractivity contribution in [1.82, 2.24) is 0 Å². The van der Waals surface area contributed by atoms with Crippen LogP contribution in [0.2, 0.25) is 39.3 Å². The number of rotatable bonds is 6. The second kappa shape index (κ2) is 5.25. The molecule has 0 heterocycles. The summed E-state index contributed by atoms with van der Waals surface area (Å²) in [6, 6.07) is 0. The van der Waals surface area contributed by atoms with Gasteiger partial charge in [0, 0.05) is 7.11 Å². The Morgan fingerprint density at radius 3 is 1.47 bits per heavy atom. The van der Waals surface area contributed by atoms with Crippen molar-refractivity contribution in [2.45, 2.75) is 39.3 Å². The summed E-state index contributed by atoms with van der Waals surface area (Å²) in [4.78, 5) is 0. The summed E-state index contributed by atoms with van der Waals surface area (Å²) in [6.07, 6.45) is 0.0432. The average Bonchev–Trinajstić information content (AvgIpc) is 1.74. The fourth-order valence-electron chi connectivity index (χ4n) is 1.06. The van der Waals surface area contributed by atoms with Crippen molar-refractivity contribution in [1.29, 1.82) is 0 Å². The van der Waals surface area contributed by atoms with E-state index in [1.807, 2.05) is 39.3 Å². The van der Waals surface area contributed by atoms with Gasteiger partial charge in [-0.15, -0.1) is 0 Å². The Labute approximate surface area is 95.1 Å². The fraction of sp³-hybridized carbons (Fsp3) is 1.00. The maximum Gasteiger partial charge on any atom is 0.336 e. The molecule has 0 radical (unpaired) electrons. The number of methoxy groups -OCH3 is 1. The Kier molecular flexibility index (Phi) is 5.44. The molecule has 7 heteroatoms. The average molecular weight is 270 g/mol. The minimum absolute atomic E-state index is 0.0432. The van der Waals surface area contributed by atoms with Gasteiger partial charge < -0.3 is 13.2 Å². The van der Waals surface area contributed by atoms with E-state index in [9.17, 15) is 4.57 Å². The molecule has 0 aromatic rings. The molecule has 0 aliphatic rings. The van der Waals surface area contributed by atoms with Crippen molar-refractivity contribution in [3.05, 3.63) is 0 Å². The van der Waals surface area contributed by atoms with E-state index in [4.69, 9.17) is 13.2 Å². The van der Waals surface area contributed by atoms with Gasteiger partial charge in [0.15, 0.2) is 16.6 Å². The topological polar surface area (TPSA) is 44.8 Å². The van der Waals surface area contributed by atoms with Crippen LogP contribution < -0.4 is 0 Å². The molecule has 0 spiro atoms. The van der Waals surface area contributed by atoms with Crippen molar-refractivity contribution < 1.29 is 17.7 Å². The minimum Gasteiger partial charge on any atom is -0.372 e. The van der Waals surface area contributed by atoms with Gasteiger partial charge >= 0.3 is 7.60 Å². The predicted octanol–water partition coefficient (Wildman–Crippen LogP) is 3.49. The van der Waals surface area contributed by atoms with E-state index < -0.39 is 24.2 Å². The molecular formula is C8H23O4PSi2. The smallest absolute Gasteiger partial charge is 0.336 e. The summed E-state index contributed by atoms with van der Waals surface area (Å²) in [7, 11) is -5.30. The van der Waals surface area contributed by atoms with Gasteiger partial charge in [-0.25, -0.2) is 0 Å². The van der Waals surface area contributed by atoms with E-state index in [1.165, 1.54) is 7.11 Å². The molecule has 15 heavy (non-hydrogen) atoms. The van der Waals surface area contributed by atoms with Gasteiger partial charge in [0.25, 0.3) is 0 Å². The van der Waals surface area contributed by atoms with Gasteiger partial charge in [-0.1, -0.05) is 0 Å². The first-order valence-electron chi connectivity index (χ1n) is 4.97. The summed E-state index contributed by atoms with van der Waals surface area (Å²) in [6.45, 7) is 11.9. The molecule has 0 aliphatic heterocycles. The molecule has 0 aliphatic carbocycles. The van der Waals surface area contributed by atoms with Gasteiger partial charge in [0.05, 0.1) is 0 Å². The van der Waals surface area contributed by atoms with E-state index in [0.29, 0.717) is 0 Å². The third-order valence-electron chi connectivity index (χ3n) is 1.11. The molecule has 4 nitrogen and oxygen atoms in total. The lowest BCUT2D eigenvalue weighted by Gasteiger charge is -2.30. The fourth-order valence-corrected chi connectivity index (χ4v) is 8.96. The van der Waals surface area contributed by atoms with Crippen LogP contribution in [0.3, 0.4) is 0 Å². The zero-order chi connectivity index (χ0) is 12.3. The second-order valence-corrected chi connectivity index (χ2v) is 16.8. The zero-order valence-electron chi connectivity index (χ0n) is 10.8. The highest BCUT2D eigenvalue weighted by Gasteiger charge is 2.36. The van der Waals surface area contributed by atoms with Gasteiger partial charge in [-0.3, -0.25) is 4.57 Å². The molecule has 0 atom stereocenters. The first-order valence-corrected chi connectivity index (χ1v) is 13.5. The molecule has 0 saturated carbocycles. The highest BCUT2D eigenvalue weighted by molar-refractivity contribution is 7.56. The zero-order valence-corrected chi connectivity index (χ0v) is 13.7. The lowest BCUT2D eigenvalue weighted by Crippen LogP contribution is -2.30. The SMILES string of the molecule is COCP(=O)(O[Si](C)(C)C)O[Si](C)(C)C. The molecule has 0 rings (SSSR count). The molecule has 0 fully saturated rings. The van der Waals surface area contributed by atoms with Crippen LogP contribution in [0.5, 0.6) is 0 Å². The number of ether oxygens (including phenoxy) is 1. The van der Waals surface area contributed by atoms with Crippen LogP contribution in [0.25, 0.3) is 0 Å². The predicted molar refractivity (Wildman–Crippen MR) is 68.3 cm³/mol. The maximum absolute atomic E-state index is 12.3. The molecule has 0 unspecified atom stereocenters. The molecule has 0 aromatic heterocycles. The number of hydrogen-bond acceptors (Lipinski definition) is 4. The van der Waals surface area contributed by atoms with Gasteiger partial charge in [-0.05, 0) is 39.3 Å².